The van der Waals surface area contributed by atoms with Crippen molar-refractivity contribution in [1.82, 2.24) is 5.32 Å². The van der Waals surface area contributed by atoms with E-state index in [4.69, 9.17) is 4.74 Å². The van der Waals surface area contributed by atoms with E-state index in [1.165, 1.54) is 0 Å². The number of nitrogens with one attached hydrogen (secondary N) is 1. The molecule has 2 nitrogen and oxygen atoms in total. The highest BCUT2D eigenvalue weighted by molar-refractivity contribution is 5.30. The van der Waals surface area contributed by atoms with E-state index < -0.39 is 0 Å². The molecule has 0 saturated heterocycles. The number of benzene rings is 1. The van der Waals surface area contributed by atoms with Crippen molar-refractivity contribution < 1.29 is 9.13 Å². The fraction of sp³-hybridized carbons (Fsp3) is 0.500. The first-order valence-corrected chi connectivity index (χ1v) is 5.27. The van der Waals surface area contributed by atoms with E-state index in [2.05, 4.69) is 5.32 Å². The molecule has 0 fully saturated rings. The number of hydrogen-bond acceptors (Lipinski definition) is 2. The van der Waals surface area contributed by atoms with Crippen LogP contribution in [-0.4, -0.2) is 19.2 Å². The SMILES string of the molecule is CCNCC(C)Oc1cccc(C)c1F. The van der Waals surface area contributed by atoms with Gasteiger partial charge in [0.1, 0.15) is 6.10 Å². The highest BCUT2D eigenvalue weighted by atomic mass is 19.1. The van der Waals surface area contributed by atoms with Gasteiger partial charge in [-0.1, -0.05) is 19.1 Å². The Kier molecular flexibility index (Phi) is 4.56. The molecular formula is C12H18FNO. The monoisotopic (exact) mass is 211 g/mol. The second-order valence-electron chi connectivity index (χ2n) is 3.62. The first-order chi connectivity index (χ1) is 7.15. The summed E-state index contributed by atoms with van der Waals surface area (Å²) in [4.78, 5) is 0. The average Bonchev–Trinajstić information content (AvgIpc) is 2.22. The van der Waals surface area contributed by atoms with Crippen LogP contribution >= 0.6 is 0 Å². The van der Waals surface area contributed by atoms with Gasteiger partial charge in [0.25, 0.3) is 0 Å². The van der Waals surface area contributed by atoms with Crippen molar-refractivity contribution in [2.75, 3.05) is 13.1 Å². The van der Waals surface area contributed by atoms with Crippen molar-refractivity contribution in [2.24, 2.45) is 0 Å². The van der Waals surface area contributed by atoms with E-state index >= 15 is 0 Å². The van der Waals surface area contributed by atoms with E-state index in [-0.39, 0.29) is 11.9 Å². The van der Waals surface area contributed by atoms with Crippen LogP contribution < -0.4 is 10.1 Å². The Hall–Kier alpha value is -1.09. The Morgan fingerprint density at radius 2 is 2.20 bits per heavy atom. The second kappa shape index (κ2) is 5.71. The van der Waals surface area contributed by atoms with Crippen LogP contribution in [0.2, 0.25) is 0 Å². The minimum Gasteiger partial charge on any atom is -0.486 e. The molecule has 0 aliphatic rings. The van der Waals surface area contributed by atoms with Crippen LogP contribution in [-0.2, 0) is 0 Å². The van der Waals surface area contributed by atoms with Gasteiger partial charge in [0.2, 0.25) is 0 Å². The van der Waals surface area contributed by atoms with Crippen LogP contribution in [0.5, 0.6) is 5.75 Å². The molecule has 0 radical (unpaired) electrons. The van der Waals surface area contributed by atoms with Crippen LogP contribution in [0.4, 0.5) is 4.39 Å². The molecule has 1 aromatic rings. The summed E-state index contributed by atoms with van der Waals surface area (Å²) >= 11 is 0. The fourth-order valence-corrected chi connectivity index (χ4v) is 1.32. The molecular weight excluding hydrogens is 193 g/mol. The molecule has 0 aliphatic carbocycles. The molecule has 1 N–H and O–H groups in total. The predicted molar refractivity (Wildman–Crippen MR) is 59.8 cm³/mol. The summed E-state index contributed by atoms with van der Waals surface area (Å²) in [6.07, 6.45) is -0.0266. The standard InChI is InChI=1S/C12H18FNO/c1-4-14-8-10(3)15-11-7-5-6-9(2)12(11)13/h5-7,10,14H,4,8H2,1-3H3. The largest absolute Gasteiger partial charge is 0.486 e. The fourth-order valence-electron chi connectivity index (χ4n) is 1.32. The molecule has 84 valence electrons. The molecule has 1 rings (SSSR count). The maximum atomic E-state index is 13.5. The Morgan fingerprint density at radius 3 is 2.87 bits per heavy atom. The molecule has 0 bridgehead atoms. The lowest BCUT2D eigenvalue weighted by molar-refractivity contribution is 0.208. The highest BCUT2D eigenvalue weighted by Crippen LogP contribution is 2.20. The molecule has 1 unspecified atom stereocenters. The van der Waals surface area contributed by atoms with Crippen LogP contribution in [0, 0.1) is 12.7 Å². The highest BCUT2D eigenvalue weighted by Gasteiger charge is 2.09. The van der Waals surface area contributed by atoms with E-state index in [9.17, 15) is 4.39 Å². The number of likely N-dealkylation sites (N-methyl/N-ethyl adjacent to an activating group) is 1. The van der Waals surface area contributed by atoms with E-state index in [0.29, 0.717) is 11.3 Å². The Balaban J connectivity index is 2.60. The van der Waals surface area contributed by atoms with E-state index in [1.54, 1.807) is 25.1 Å². The third-order valence-corrected chi connectivity index (χ3v) is 2.17. The Labute approximate surface area is 90.4 Å². The molecule has 0 spiro atoms. The van der Waals surface area contributed by atoms with Gasteiger partial charge in [0.15, 0.2) is 11.6 Å². The number of ether oxygens (including phenoxy) is 1. The maximum absolute atomic E-state index is 13.5. The zero-order valence-corrected chi connectivity index (χ0v) is 9.51. The number of aryl methyl sites for hydroxylation is 1. The van der Waals surface area contributed by atoms with Crippen LogP contribution in [0.1, 0.15) is 19.4 Å². The van der Waals surface area contributed by atoms with Crippen molar-refractivity contribution >= 4 is 0 Å². The number of hydrogen-bond donors (Lipinski definition) is 1. The molecule has 0 aromatic heterocycles. The van der Waals surface area contributed by atoms with Gasteiger partial charge in [-0.2, -0.15) is 0 Å². The lowest BCUT2D eigenvalue weighted by atomic mass is 10.2. The first-order valence-electron chi connectivity index (χ1n) is 5.27. The van der Waals surface area contributed by atoms with Crippen molar-refractivity contribution in [3.05, 3.63) is 29.6 Å². The molecule has 0 saturated carbocycles. The van der Waals surface area contributed by atoms with Crippen LogP contribution in [0.25, 0.3) is 0 Å². The van der Waals surface area contributed by atoms with E-state index in [0.717, 1.165) is 13.1 Å². The summed E-state index contributed by atoms with van der Waals surface area (Å²) in [5.74, 6) is 0.0706. The Bertz CT molecular complexity index is 314. The number of rotatable bonds is 5. The predicted octanol–water partition coefficient (Wildman–Crippen LogP) is 2.51. The smallest absolute Gasteiger partial charge is 0.167 e. The summed E-state index contributed by atoms with van der Waals surface area (Å²) in [6.45, 7) is 7.30. The van der Waals surface area contributed by atoms with Gasteiger partial charge in [-0.25, -0.2) is 4.39 Å². The Morgan fingerprint density at radius 1 is 1.47 bits per heavy atom. The van der Waals surface area contributed by atoms with Gasteiger partial charge < -0.3 is 10.1 Å². The summed E-state index contributed by atoms with van der Waals surface area (Å²) in [7, 11) is 0. The third kappa shape index (κ3) is 3.51. The minimum atomic E-state index is -0.263. The zero-order valence-electron chi connectivity index (χ0n) is 9.51. The molecule has 1 aromatic carbocycles. The summed E-state index contributed by atoms with van der Waals surface area (Å²) in [6, 6.07) is 5.19. The summed E-state index contributed by atoms with van der Waals surface area (Å²) < 4.78 is 19.0. The van der Waals surface area contributed by atoms with Crippen molar-refractivity contribution in [2.45, 2.75) is 26.9 Å². The number of halogens is 1. The van der Waals surface area contributed by atoms with Crippen LogP contribution in [0.15, 0.2) is 18.2 Å². The average molecular weight is 211 g/mol. The molecule has 15 heavy (non-hydrogen) atoms. The van der Waals surface area contributed by atoms with Gasteiger partial charge in [-0.05, 0) is 32.0 Å². The first kappa shape index (κ1) is 12.0. The topological polar surface area (TPSA) is 21.3 Å². The molecule has 3 heteroatoms. The second-order valence-corrected chi connectivity index (χ2v) is 3.62. The van der Waals surface area contributed by atoms with Crippen molar-refractivity contribution in [3.8, 4) is 5.75 Å². The summed E-state index contributed by atoms with van der Waals surface area (Å²) in [5, 5.41) is 3.15. The van der Waals surface area contributed by atoms with Crippen LogP contribution in [0.3, 0.4) is 0 Å². The van der Waals surface area contributed by atoms with E-state index in [1.807, 2.05) is 13.8 Å². The maximum Gasteiger partial charge on any atom is 0.167 e. The van der Waals surface area contributed by atoms with Crippen molar-refractivity contribution in [3.63, 3.8) is 0 Å². The third-order valence-electron chi connectivity index (χ3n) is 2.17. The van der Waals surface area contributed by atoms with Crippen molar-refractivity contribution in [1.29, 1.82) is 0 Å². The summed E-state index contributed by atoms with van der Waals surface area (Å²) in [5.41, 5.74) is 0.614. The lowest BCUT2D eigenvalue weighted by Crippen LogP contribution is -2.28. The normalized spacial score (nSPS) is 12.5. The zero-order chi connectivity index (χ0) is 11.3. The van der Waals surface area contributed by atoms with Gasteiger partial charge in [-0.15, -0.1) is 0 Å². The van der Waals surface area contributed by atoms with Gasteiger partial charge in [0, 0.05) is 6.54 Å². The van der Waals surface area contributed by atoms with Gasteiger partial charge in [-0.3, -0.25) is 0 Å². The lowest BCUT2D eigenvalue weighted by Gasteiger charge is -2.15. The van der Waals surface area contributed by atoms with Gasteiger partial charge >= 0.3 is 0 Å². The molecule has 0 amide bonds. The van der Waals surface area contributed by atoms with Gasteiger partial charge in [0.05, 0.1) is 0 Å². The minimum absolute atomic E-state index is 0.0266. The molecule has 1 atom stereocenters. The molecule has 0 aliphatic heterocycles. The molecule has 0 heterocycles. The quantitative estimate of drug-likeness (QED) is 0.808.